The third kappa shape index (κ3) is 3.70. The summed E-state index contributed by atoms with van der Waals surface area (Å²) in [4.78, 5) is 25.7. The van der Waals surface area contributed by atoms with E-state index in [9.17, 15) is 18.0 Å². The molecule has 1 aliphatic heterocycles. The minimum atomic E-state index is -3.40. The first-order chi connectivity index (χ1) is 12.3. The van der Waals surface area contributed by atoms with Crippen molar-refractivity contribution in [2.45, 2.75) is 11.8 Å². The molecule has 0 atom stereocenters. The Labute approximate surface area is 151 Å². The van der Waals surface area contributed by atoms with E-state index in [4.69, 9.17) is 4.74 Å². The number of hydrogen-bond donors (Lipinski definition) is 1. The van der Waals surface area contributed by atoms with Crippen LogP contribution in [0.3, 0.4) is 0 Å². The van der Waals surface area contributed by atoms with Gasteiger partial charge in [0.1, 0.15) is 6.61 Å². The normalized spacial score (nSPS) is 14.2. The molecule has 0 bridgehead atoms. The Bertz CT molecular complexity index is 968. The Balaban J connectivity index is 1.79. The van der Waals surface area contributed by atoms with Crippen LogP contribution in [0.4, 0.5) is 16.2 Å². The number of amides is 2. The Morgan fingerprint density at radius 3 is 2.42 bits per heavy atom. The third-order valence-electron chi connectivity index (χ3n) is 4.08. The maximum Gasteiger partial charge on any atom is 0.414 e. The summed E-state index contributed by atoms with van der Waals surface area (Å²) in [5, 5.41) is 2.74. The lowest BCUT2D eigenvalue weighted by Crippen LogP contribution is -2.23. The van der Waals surface area contributed by atoms with Crippen molar-refractivity contribution in [3.05, 3.63) is 53.6 Å². The van der Waals surface area contributed by atoms with Crippen LogP contribution < -0.4 is 10.2 Å². The third-order valence-corrected chi connectivity index (χ3v) is 5.19. The SMILES string of the molecule is Cc1ccc(S(C)(=O)=O)cc1C(=O)Nc1ccc(N2CCOC2=O)cc1. The van der Waals surface area contributed by atoms with Gasteiger partial charge in [-0.05, 0) is 48.9 Å². The molecule has 2 aromatic carbocycles. The standard InChI is InChI=1S/C18H18N2O5S/c1-12-3-8-15(26(2,23)24)11-16(12)17(21)19-13-4-6-14(7-5-13)20-9-10-25-18(20)22/h3-8,11H,9-10H2,1-2H3,(H,19,21). The summed E-state index contributed by atoms with van der Waals surface area (Å²) in [7, 11) is -3.40. The lowest BCUT2D eigenvalue weighted by atomic mass is 10.1. The van der Waals surface area contributed by atoms with E-state index in [-0.39, 0.29) is 4.90 Å². The number of sulfone groups is 1. The van der Waals surface area contributed by atoms with Crippen LogP contribution in [0.25, 0.3) is 0 Å². The zero-order valence-electron chi connectivity index (χ0n) is 14.4. The van der Waals surface area contributed by atoms with Gasteiger partial charge in [0, 0.05) is 23.2 Å². The number of nitrogens with one attached hydrogen (secondary N) is 1. The lowest BCUT2D eigenvalue weighted by molar-refractivity contribution is 0.102. The number of rotatable bonds is 4. The number of carbonyl (C=O) groups is 2. The van der Waals surface area contributed by atoms with Gasteiger partial charge in [0.2, 0.25) is 0 Å². The number of cyclic esters (lactones) is 1. The highest BCUT2D eigenvalue weighted by Crippen LogP contribution is 2.22. The topological polar surface area (TPSA) is 92.8 Å². The summed E-state index contributed by atoms with van der Waals surface area (Å²) >= 11 is 0. The maximum absolute atomic E-state index is 12.5. The maximum atomic E-state index is 12.5. The largest absolute Gasteiger partial charge is 0.447 e. The van der Waals surface area contributed by atoms with Crippen LogP contribution in [0.2, 0.25) is 0 Å². The predicted molar refractivity (Wildman–Crippen MR) is 97.4 cm³/mol. The van der Waals surface area contributed by atoms with Crippen molar-refractivity contribution in [2.75, 3.05) is 29.6 Å². The molecule has 1 aliphatic rings. The second-order valence-corrected chi connectivity index (χ2v) is 8.03. The number of nitrogens with zero attached hydrogens (tertiary/aromatic N) is 1. The van der Waals surface area contributed by atoms with E-state index in [1.54, 1.807) is 37.3 Å². The van der Waals surface area contributed by atoms with Gasteiger partial charge in [-0.3, -0.25) is 9.69 Å². The molecule has 0 unspecified atom stereocenters. The molecule has 3 rings (SSSR count). The summed E-state index contributed by atoms with van der Waals surface area (Å²) in [6, 6.07) is 11.2. The molecule has 136 valence electrons. The first-order valence-corrected chi connectivity index (χ1v) is 9.81. The van der Waals surface area contributed by atoms with E-state index in [2.05, 4.69) is 5.32 Å². The first-order valence-electron chi connectivity index (χ1n) is 7.92. The number of benzene rings is 2. The first kappa shape index (κ1) is 17.9. The molecule has 0 radical (unpaired) electrons. The second-order valence-electron chi connectivity index (χ2n) is 6.02. The van der Waals surface area contributed by atoms with Crippen LogP contribution in [0, 0.1) is 6.92 Å². The molecule has 0 aliphatic carbocycles. The van der Waals surface area contributed by atoms with Crippen molar-refractivity contribution in [1.29, 1.82) is 0 Å². The van der Waals surface area contributed by atoms with Crippen LogP contribution in [0.1, 0.15) is 15.9 Å². The van der Waals surface area contributed by atoms with Crippen molar-refractivity contribution in [3.63, 3.8) is 0 Å². The number of hydrogen-bond acceptors (Lipinski definition) is 5. The Morgan fingerprint density at radius 1 is 1.15 bits per heavy atom. The quantitative estimate of drug-likeness (QED) is 0.888. The van der Waals surface area contributed by atoms with Crippen molar-refractivity contribution in [2.24, 2.45) is 0 Å². The van der Waals surface area contributed by atoms with Crippen molar-refractivity contribution >= 4 is 33.2 Å². The number of carbonyl (C=O) groups excluding carboxylic acids is 2. The summed E-state index contributed by atoms with van der Waals surface area (Å²) < 4.78 is 28.3. The van der Waals surface area contributed by atoms with E-state index < -0.39 is 21.8 Å². The number of anilines is 2. The van der Waals surface area contributed by atoms with Gasteiger partial charge in [-0.2, -0.15) is 0 Å². The predicted octanol–water partition coefficient (Wildman–Crippen LogP) is 2.61. The fraction of sp³-hybridized carbons (Fsp3) is 0.222. The van der Waals surface area contributed by atoms with E-state index in [0.29, 0.717) is 35.7 Å². The van der Waals surface area contributed by atoms with E-state index in [0.717, 1.165) is 6.26 Å². The fourth-order valence-corrected chi connectivity index (χ4v) is 3.27. The molecule has 1 N–H and O–H groups in total. The van der Waals surface area contributed by atoms with Gasteiger partial charge >= 0.3 is 6.09 Å². The van der Waals surface area contributed by atoms with Gasteiger partial charge in [-0.25, -0.2) is 13.2 Å². The second kappa shape index (κ2) is 6.80. The van der Waals surface area contributed by atoms with Crippen LogP contribution in [-0.4, -0.2) is 39.8 Å². The van der Waals surface area contributed by atoms with Gasteiger partial charge < -0.3 is 10.1 Å². The Morgan fingerprint density at radius 2 is 1.85 bits per heavy atom. The summed E-state index contributed by atoms with van der Waals surface area (Å²) in [5.74, 6) is -0.402. The van der Waals surface area contributed by atoms with Crippen molar-refractivity contribution < 1.29 is 22.7 Å². The smallest absolute Gasteiger partial charge is 0.414 e. The van der Waals surface area contributed by atoms with E-state index in [1.165, 1.54) is 17.0 Å². The van der Waals surface area contributed by atoms with Crippen LogP contribution in [0.5, 0.6) is 0 Å². The molecule has 0 spiro atoms. The Hall–Kier alpha value is -2.87. The summed E-state index contributed by atoms with van der Waals surface area (Å²) in [6.07, 6.45) is 0.705. The molecule has 26 heavy (non-hydrogen) atoms. The molecule has 1 heterocycles. The Kier molecular flexibility index (Phi) is 4.69. The number of ether oxygens (including phenoxy) is 1. The molecular weight excluding hydrogens is 356 g/mol. The van der Waals surface area contributed by atoms with Gasteiger partial charge in [-0.15, -0.1) is 0 Å². The van der Waals surface area contributed by atoms with Crippen LogP contribution in [-0.2, 0) is 14.6 Å². The number of aryl methyl sites for hydroxylation is 1. The molecule has 1 fully saturated rings. The van der Waals surface area contributed by atoms with Gasteiger partial charge in [0.15, 0.2) is 9.84 Å². The highest BCUT2D eigenvalue weighted by atomic mass is 32.2. The molecule has 7 nitrogen and oxygen atoms in total. The van der Waals surface area contributed by atoms with Crippen molar-refractivity contribution in [3.8, 4) is 0 Å². The lowest BCUT2D eigenvalue weighted by Gasteiger charge is -2.14. The molecule has 0 aromatic heterocycles. The minimum Gasteiger partial charge on any atom is -0.447 e. The van der Waals surface area contributed by atoms with E-state index in [1.807, 2.05) is 0 Å². The van der Waals surface area contributed by atoms with Gasteiger partial charge in [0.25, 0.3) is 5.91 Å². The minimum absolute atomic E-state index is 0.0937. The van der Waals surface area contributed by atoms with Gasteiger partial charge in [-0.1, -0.05) is 6.07 Å². The molecule has 8 heteroatoms. The summed E-state index contributed by atoms with van der Waals surface area (Å²) in [6.45, 7) is 2.58. The molecule has 2 amide bonds. The zero-order valence-corrected chi connectivity index (χ0v) is 15.2. The molecule has 2 aromatic rings. The average molecular weight is 374 g/mol. The molecule has 0 saturated carbocycles. The highest BCUT2D eigenvalue weighted by molar-refractivity contribution is 7.90. The van der Waals surface area contributed by atoms with Gasteiger partial charge in [0.05, 0.1) is 11.4 Å². The zero-order chi connectivity index (χ0) is 18.9. The fourth-order valence-electron chi connectivity index (χ4n) is 2.63. The highest BCUT2D eigenvalue weighted by Gasteiger charge is 2.23. The average Bonchev–Trinajstić information content (AvgIpc) is 3.01. The molecular formula is C18H18N2O5S. The molecule has 1 saturated heterocycles. The van der Waals surface area contributed by atoms with Crippen LogP contribution >= 0.6 is 0 Å². The van der Waals surface area contributed by atoms with Crippen LogP contribution in [0.15, 0.2) is 47.4 Å². The summed E-state index contributed by atoms with van der Waals surface area (Å²) in [5.41, 5.74) is 2.18. The van der Waals surface area contributed by atoms with Crippen molar-refractivity contribution in [1.82, 2.24) is 0 Å². The van der Waals surface area contributed by atoms with E-state index >= 15 is 0 Å². The monoisotopic (exact) mass is 374 g/mol.